The van der Waals surface area contributed by atoms with Crippen LogP contribution in [0, 0.1) is 0 Å². The normalized spacial score (nSPS) is 13.6. The summed E-state index contributed by atoms with van der Waals surface area (Å²) < 4.78 is 31.0. The SMILES string of the molecule is CCC(CO)NS(=O)(=O)NC(=O)OC(C)C. The predicted molar refractivity (Wildman–Crippen MR) is 58.0 cm³/mol. The molecule has 8 heteroatoms. The van der Waals surface area contributed by atoms with Gasteiger partial charge in [0.15, 0.2) is 0 Å². The van der Waals surface area contributed by atoms with E-state index in [1.54, 1.807) is 25.5 Å². The molecule has 1 amide bonds. The Morgan fingerprint density at radius 1 is 1.44 bits per heavy atom. The van der Waals surface area contributed by atoms with Crippen molar-refractivity contribution in [3.05, 3.63) is 0 Å². The minimum atomic E-state index is -3.98. The Bertz CT molecular complexity index is 310. The summed E-state index contributed by atoms with van der Waals surface area (Å²) in [4.78, 5) is 11.0. The lowest BCUT2D eigenvalue weighted by Gasteiger charge is -2.15. The summed E-state index contributed by atoms with van der Waals surface area (Å²) in [7, 11) is -3.98. The molecule has 0 saturated heterocycles. The third-order valence-electron chi connectivity index (χ3n) is 1.60. The van der Waals surface area contributed by atoms with Crippen molar-refractivity contribution in [1.82, 2.24) is 9.44 Å². The Balaban J connectivity index is 4.29. The van der Waals surface area contributed by atoms with E-state index in [4.69, 9.17) is 5.11 Å². The van der Waals surface area contributed by atoms with Crippen molar-refractivity contribution in [2.45, 2.75) is 39.3 Å². The molecule has 0 aliphatic heterocycles. The number of carbonyl (C=O) groups excluding carboxylic acids is 1. The maximum atomic E-state index is 11.3. The highest BCUT2D eigenvalue weighted by Gasteiger charge is 2.19. The summed E-state index contributed by atoms with van der Waals surface area (Å²) in [6, 6.07) is -0.621. The molecule has 96 valence electrons. The average Bonchev–Trinajstić information content (AvgIpc) is 2.11. The van der Waals surface area contributed by atoms with Crippen molar-refractivity contribution < 1.29 is 23.1 Å². The summed E-state index contributed by atoms with van der Waals surface area (Å²) in [5, 5.41) is 8.80. The molecule has 1 unspecified atom stereocenters. The zero-order chi connectivity index (χ0) is 12.8. The minimum Gasteiger partial charge on any atom is -0.446 e. The number of amides is 1. The molecule has 0 aromatic carbocycles. The van der Waals surface area contributed by atoms with Crippen LogP contribution in [0.15, 0.2) is 0 Å². The fourth-order valence-electron chi connectivity index (χ4n) is 0.846. The number of hydrogen-bond acceptors (Lipinski definition) is 5. The van der Waals surface area contributed by atoms with Crippen molar-refractivity contribution in [1.29, 1.82) is 0 Å². The number of hydrogen-bond donors (Lipinski definition) is 3. The molecule has 3 N–H and O–H groups in total. The van der Waals surface area contributed by atoms with E-state index in [0.717, 1.165) is 0 Å². The largest absolute Gasteiger partial charge is 0.446 e. The quantitative estimate of drug-likeness (QED) is 0.605. The summed E-state index contributed by atoms with van der Waals surface area (Å²) in [5.74, 6) is 0. The first-order valence-corrected chi connectivity index (χ1v) is 6.40. The first-order valence-electron chi connectivity index (χ1n) is 4.92. The van der Waals surface area contributed by atoms with Crippen LogP contribution in [0.3, 0.4) is 0 Å². The highest BCUT2D eigenvalue weighted by atomic mass is 32.2. The molecule has 0 heterocycles. The smallest absolute Gasteiger partial charge is 0.422 e. The second-order valence-electron chi connectivity index (χ2n) is 3.47. The number of rotatable bonds is 6. The molecule has 7 nitrogen and oxygen atoms in total. The summed E-state index contributed by atoms with van der Waals surface area (Å²) in [5.41, 5.74) is 0. The van der Waals surface area contributed by atoms with Gasteiger partial charge in [-0.1, -0.05) is 6.92 Å². The van der Waals surface area contributed by atoms with Gasteiger partial charge in [0, 0.05) is 6.04 Å². The second kappa shape index (κ2) is 6.66. The molecule has 0 saturated carbocycles. The molecule has 0 spiro atoms. The lowest BCUT2D eigenvalue weighted by molar-refractivity contribution is 0.121. The van der Waals surface area contributed by atoms with E-state index in [0.29, 0.717) is 6.42 Å². The van der Waals surface area contributed by atoms with Gasteiger partial charge < -0.3 is 9.84 Å². The third kappa shape index (κ3) is 6.59. The highest BCUT2D eigenvalue weighted by molar-refractivity contribution is 7.88. The molecule has 0 aromatic rings. The van der Waals surface area contributed by atoms with Crippen LogP contribution in [0.2, 0.25) is 0 Å². The van der Waals surface area contributed by atoms with Gasteiger partial charge in [0.1, 0.15) is 0 Å². The summed E-state index contributed by atoms with van der Waals surface area (Å²) >= 11 is 0. The van der Waals surface area contributed by atoms with Crippen LogP contribution in [-0.4, -0.2) is 38.4 Å². The van der Waals surface area contributed by atoms with E-state index >= 15 is 0 Å². The van der Waals surface area contributed by atoms with Gasteiger partial charge in [0.25, 0.3) is 0 Å². The van der Waals surface area contributed by atoms with Gasteiger partial charge in [-0.15, -0.1) is 0 Å². The number of ether oxygens (including phenoxy) is 1. The lowest BCUT2D eigenvalue weighted by Crippen LogP contribution is -2.46. The molecular weight excluding hydrogens is 236 g/mol. The standard InChI is InChI=1S/C8H18N2O5S/c1-4-7(5-11)9-16(13,14)10-8(12)15-6(2)3/h6-7,9,11H,4-5H2,1-3H3,(H,10,12). The number of aliphatic hydroxyl groups excluding tert-OH is 1. The molecule has 0 bridgehead atoms. The number of carbonyl (C=O) groups is 1. The van der Waals surface area contributed by atoms with Crippen molar-refractivity contribution in [3.63, 3.8) is 0 Å². The first kappa shape index (κ1) is 15.1. The van der Waals surface area contributed by atoms with Crippen LogP contribution in [0.4, 0.5) is 4.79 Å². The van der Waals surface area contributed by atoms with Crippen LogP contribution < -0.4 is 9.44 Å². The minimum absolute atomic E-state index is 0.337. The van der Waals surface area contributed by atoms with Crippen molar-refractivity contribution in [3.8, 4) is 0 Å². The Hall–Kier alpha value is -0.860. The van der Waals surface area contributed by atoms with Crippen LogP contribution in [0.1, 0.15) is 27.2 Å². The molecule has 1 atom stereocenters. The van der Waals surface area contributed by atoms with Crippen LogP contribution in [0.5, 0.6) is 0 Å². The van der Waals surface area contributed by atoms with E-state index in [1.807, 2.05) is 0 Å². The van der Waals surface area contributed by atoms with Crippen LogP contribution >= 0.6 is 0 Å². The molecule has 0 aromatic heterocycles. The molecule has 0 fully saturated rings. The van der Waals surface area contributed by atoms with Crippen molar-refractivity contribution in [2.75, 3.05) is 6.61 Å². The number of aliphatic hydroxyl groups is 1. The molecule has 0 rings (SSSR count). The fourth-order valence-corrected chi connectivity index (χ4v) is 1.85. The third-order valence-corrected chi connectivity index (χ3v) is 2.67. The highest BCUT2D eigenvalue weighted by Crippen LogP contribution is 1.94. The molecule has 0 aliphatic rings. The average molecular weight is 254 g/mol. The van der Waals surface area contributed by atoms with E-state index < -0.39 is 28.4 Å². The van der Waals surface area contributed by atoms with Crippen molar-refractivity contribution >= 4 is 16.3 Å². The van der Waals surface area contributed by atoms with Gasteiger partial charge in [-0.25, -0.2) is 9.52 Å². The van der Waals surface area contributed by atoms with Crippen molar-refractivity contribution in [2.24, 2.45) is 0 Å². The zero-order valence-corrected chi connectivity index (χ0v) is 10.4. The molecular formula is C8H18N2O5S. The Labute approximate surface area is 95.4 Å². The Kier molecular flexibility index (Phi) is 6.31. The van der Waals surface area contributed by atoms with Gasteiger partial charge in [-0.05, 0) is 20.3 Å². The molecule has 16 heavy (non-hydrogen) atoms. The van der Waals surface area contributed by atoms with E-state index in [9.17, 15) is 13.2 Å². The first-order chi connectivity index (χ1) is 7.30. The summed E-state index contributed by atoms with van der Waals surface area (Å²) in [6.07, 6.45) is -1.04. The van der Waals surface area contributed by atoms with Gasteiger partial charge in [0.2, 0.25) is 0 Å². The van der Waals surface area contributed by atoms with Crippen LogP contribution in [0.25, 0.3) is 0 Å². The van der Waals surface area contributed by atoms with Gasteiger partial charge in [-0.3, -0.25) is 0 Å². The maximum absolute atomic E-state index is 11.3. The number of nitrogens with one attached hydrogen (secondary N) is 2. The van der Waals surface area contributed by atoms with Crippen LogP contribution in [-0.2, 0) is 14.9 Å². The maximum Gasteiger partial charge on any atom is 0.422 e. The van der Waals surface area contributed by atoms with Gasteiger partial charge in [0.05, 0.1) is 12.7 Å². The Morgan fingerprint density at radius 2 is 2.00 bits per heavy atom. The van der Waals surface area contributed by atoms with Gasteiger partial charge in [-0.2, -0.15) is 13.1 Å². The lowest BCUT2D eigenvalue weighted by atomic mass is 10.3. The molecule has 0 radical (unpaired) electrons. The Morgan fingerprint density at radius 3 is 2.38 bits per heavy atom. The fraction of sp³-hybridized carbons (Fsp3) is 0.875. The predicted octanol–water partition coefficient (Wildman–Crippen LogP) is -0.274. The van der Waals surface area contributed by atoms with E-state index in [1.165, 1.54) is 0 Å². The monoisotopic (exact) mass is 254 g/mol. The molecule has 0 aliphatic carbocycles. The van der Waals surface area contributed by atoms with E-state index in [-0.39, 0.29) is 6.61 Å². The van der Waals surface area contributed by atoms with E-state index in [2.05, 4.69) is 9.46 Å². The van der Waals surface area contributed by atoms with Gasteiger partial charge >= 0.3 is 16.3 Å². The second-order valence-corrected chi connectivity index (χ2v) is 4.91. The zero-order valence-electron chi connectivity index (χ0n) is 9.56. The topological polar surface area (TPSA) is 105 Å². The summed E-state index contributed by atoms with van der Waals surface area (Å²) in [6.45, 7) is 4.57.